The van der Waals surface area contributed by atoms with Gasteiger partial charge in [-0.25, -0.2) is 14.4 Å². The predicted molar refractivity (Wildman–Crippen MR) is 83.8 cm³/mol. The lowest BCUT2D eigenvalue weighted by Gasteiger charge is -2.09. The highest BCUT2D eigenvalue weighted by Crippen LogP contribution is 2.32. The van der Waals surface area contributed by atoms with Gasteiger partial charge in [-0.1, -0.05) is 18.2 Å². The molecule has 0 heterocycles. The molecule has 2 aromatic carbocycles. The normalized spacial score (nSPS) is 9.26. The molecule has 6 nitrogen and oxygen atoms in total. The Kier molecular flexibility index (Phi) is 5.24. The van der Waals surface area contributed by atoms with Crippen molar-refractivity contribution in [3.8, 4) is 0 Å². The minimum absolute atomic E-state index is 0.351. The number of aliphatic imine (C=N–C) groups is 3. The highest BCUT2D eigenvalue weighted by atomic mass is 16.1. The Balaban J connectivity index is 2.54. The standard InChI is InChI=1S/C17H11N3O3/c1-12-5-6-13(8-17(12)20-11-23)7-14-15(18-9-21)3-2-4-16(14)19-10-22/h2-6,8H,7H2,1H3. The van der Waals surface area contributed by atoms with E-state index in [9.17, 15) is 14.4 Å². The van der Waals surface area contributed by atoms with E-state index in [0.717, 1.165) is 11.1 Å². The summed E-state index contributed by atoms with van der Waals surface area (Å²) in [6.07, 6.45) is 4.84. The smallest absolute Gasteiger partial charge is 0.211 e. The van der Waals surface area contributed by atoms with Gasteiger partial charge in [0, 0.05) is 12.0 Å². The van der Waals surface area contributed by atoms with Gasteiger partial charge in [-0.05, 0) is 36.2 Å². The summed E-state index contributed by atoms with van der Waals surface area (Å²) < 4.78 is 0. The molecule has 112 valence electrons. The number of hydrogen-bond donors (Lipinski definition) is 0. The molecule has 0 aliphatic heterocycles. The molecule has 2 rings (SSSR count). The average molecular weight is 305 g/mol. The molecule has 0 aliphatic carbocycles. The molecule has 0 amide bonds. The van der Waals surface area contributed by atoms with E-state index in [4.69, 9.17) is 0 Å². The van der Waals surface area contributed by atoms with Crippen LogP contribution in [0.2, 0.25) is 0 Å². The fourth-order valence-electron chi connectivity index (χ4n) is 2.19. The third-order valence-electron chi connectivity index (χ3n) is 3.28. The molecule has 23 heavy (non-hydrogen) atoms. The highest BCUT2D eigenvalue weighted by molar-refractivity contribution is 5.67. The fourth-order valence-corrected chi connectivity index (χ4v) is 2.19. The van der Waals surface area contributed by atoms with E-state index >= 15 is 0 Å². The molecule has 0 atom stereocenters. The van der Waals surface area contributed by atoms with E-state index in [0.29, 0.717) is 29.0 Å². The van der Waals surface area contributed by atoms with Crippen LogP contribution in [0.1, 0.15) is 16.7 Å². The van der Waals surface area contributed by atoms with E-state index in [-0.39, 0.29) is 0 Å². The van der Waals surface area contributed by atoms with Gasteiger partial charge in [-0.3, -0.25) is 0 Å². The zero-order valence-electron chi connectivity index (χ0n) is 12.2. The summed E-state index contributed by atoms with van der Waals surface area (Å²) in [7, 11) is 0. The van der Waals surface area contributed by atoms with E-state index < -0.39 is 0 Å². The van der Waals surface area contributed by atoms with E-state index in [1.807, 2.05) is 19.1 Å². The first kappa shape index (κ1) is 16.0. The summed E-state index contributed by atoms with van der Waals surface area (Å²) in [5.41, 5.74) is 3.50. The van der Waals surface area contributed by atoms with Gasteiger partial charge in [0.15, 0.2) is 0 Å². The Hall–Kier alpha value is -3.42. The summed E-state index contributed by atoms with van der Waals surface area (Å²) in [4.78, 5) is 42.5. The SMILES string of the molecule is Cc1ccc(Cc2c(N=C=O)cccc2N=C=O)cc1N=C=O. The lowest BCUT2D eigenvalue weighted by Crippen LogP contribution is -1.91. The third-order valence-corrected chi connectivity index (χ3v) is 3.28. The van der Waals surface area contributed by atoms with Gasteiger partial charge in [0.05, 0.1) is 17.1 Å². The van der Waals surface area contributed by atoms with Crippen LogP contribution in [0, 0.1) is 6.92 Å². The van der Waals surface area contributed by atoms with Crippen molar-refractivity contribution >= 4 is 35.3 Å². The van der Waals surface area contributed by atoms with Crippen molar-refractivity contribution in [2.24, 2.45) is 15.0 Å². The molecule has 0 bridgehead atoms. The van der Waals surface area contributed by atoms with Crippen LogP contribution in [0.4, 0.5) is 17.1 Å². The Morgan fingerprint density at radius 1 is 0.826 bits per heavy atom. The molecule has 0 unspecified atom stereocenters. The van der Waals surface area contributed by atoms with Crippen LogP contribution in [-0.2, 0) is 20.8 Å². The van der Waals surface area contributed by atoms with Crippen LogP contribution in [-0.4, -0.2) is 18.2 Å². The molecule has 0 spiro atoms. The van der Waals surface area contributed by atoms with E-state index in [1.165, 1.54) is 18.2 Å². The minimum Gasteiger partial charge on any atom is -0.211 e. The van der Waals surface area contributed by atoms with Crippen LogP contribution in [0.5, 0.6) is 0 Å². The molecule has 0 radical (unpaired) electrons. The molecule has 0 saturated carbocycles. The number of hydrogen-bond acceptors (Lipinski definition) is 6. The number of benzene rings is 2. The van der Waals surface area contributed by atoms with Crippen LogP contribution >= 0.6 is 0 Å². The maximum atomic E-state index is 10.6. The first-order chi connectivity index (χ1) is 11.2. The predicted octanol–water partition coefficient (Wildman–Crippen LogP) is 3.49. The summed E-state index contributed by atoms with van der Waals surface area (Å²) in [6.45, 7) is 1.83. The van der Waals surface area contributed by atoms with Crippen LogP contribution in [0.15, 0.2) is 51.4 Å². The van der Waals surface area contributed by atoms with Gasteiger partial charge >= 0.3 is 0 Å². The molecule has 0 aliphatic rings. The van der Waals surface area contributed by atoms with Gasteiger partial charge in [-0.15, -0.1) is 0 Å². The number of nitrogens with zero attached hydrogens (tertiary/aromatic N) is 3. The fraction of sp³-hybridized carbons (Fsp3) is 0.118. The van der Waals surface area contributed by atoms with Crippen molar-refractivity contribution in [3.05, 3.63) is 53.1 Å². The number of carbonyl (C=O) groups excluding carboxylic acids is 3. The maximum absolute atomic E-state index is 10.6. The second kappa shape index (κ2) is 7.55. The topological polar surface area (TPSA) is 88.3 Å². The van der Waals surface area contributed by atoms with Crippen molar-refractivity contribution < 1.29 is 14.4 Å². The third kappa shape index (κ3) is 3.82. The number of isocyanates is 3. The van der Waals surface area contributed by atoms with Crippen LogP contribution in [0.25, 0.3) is 0 Å². The lowest BCUT2D eigenvalue weighted by molar-refractivity contribution is 0.564. The summed E-state index contributed by atoms with van der Waals surface area (Å²) >= 11 is 0. The van der Waals surface area contributed by atoms with Gasteiger partial charge < -0.3 is 0 Å². The molecule has 0 aromatic heterocycles. The van der Waals surface area contributed by atoms with Crippen molar-refractivity contribution in [2.45, 2.75) is 13.3 Å². The summed E-state index contributed by atoms with van der Waals surface area (Å²) in [5.74, 6) is 0. The van der Waals surface area contributed by atoms with Crippen molar-refractivity contribution in [3.63, 3.8) is 0 Å². The molecule has 0 fully saturated rings. The maximum Gasteiger partial charge on any atom is 0.240 e. The highest BCUT2D eigenvalue weighted by Gasteiger charge is 2.10. The van der Waals surface area contributed by atoms with Crippen molar-refractivity contribution in [1.82, 2.24) is 0 Å². The zero-order chi connectivity index (χ0) is 16.7. The second-order valence-corrected chi connectivity index (χ2v) is 4.68. The Morgan fingerprint density at radius 3 is 1.96 bits per heavy atom. The first-order valence-corrected chi connectivity index (χ1v) is 6.64. The summed E-state index contributed by atoms with van der Waals surface area (Å²) in [6, 6.07) is 10.3. The monoisotopic (exact) mass is 305 g/mol. The summed E-state index contributed by atoms with van der Waals surface area (Å²) in [5, 5.41) is 0. The molecular weight excluding hydrogens is 294 g/mol. The van der Waals surface area contributed by atoms with Crippen molar-refractivity contribution in [2.75, 3.05) is 0 Å². The van der Waals surface area contributed by atoms with Gasteiger partial charge in [-0.2, -0.15) is 15.0 Å². The van der Waals surface area contributed by atoms with Gasteiger partial charge in [0.2, 0.25) is 18.2 Å². The second-order valence-electron chi connectivity index (χ2n) is 4.68. The van der Waals surface area contributed by atoms with E-state index in [2.05, 4.69) is 15.0 Å². The molecular formula is C17H11N3O3. The van der Waals surface area contributed by atoms with Crippen LogP contribution < -0.4 is 0 Å². The zero-order valence-corrected chi connectivity index (χ0v) is 12.2. The first-order valence-electron chi connectivity index (χ1n) is 6.64. The molecule has 2 aromatic rings. The van der Waals surface area contributed by atoms with Gasteiger partial charge in [0.1, 0.15) is 0 Å². The Bertz CT molecular complexity index is 850. The van der Waals surface area contributed by atoms with Gasteiger partial charge in [0.25, 0.3) is 0 Å². The van der Waals surface area contributed by atoms with Crippen LogP contribution in [0.3, 0.4) is 0 Å². The van der Waals surface area contributed by atoms with Crippen molar-refractivity contribution in [1.29, 1.82) is 0 Å². The quantitative estimate of drug-likeness (QED) is 0.625. The lowest BCUT2D eigenvalue weighted by atomic mass is 10.00. The Labute approximate surface area is 131 Å². The molecule has 6 heteroatoms. The Morgan fingerprint density at radius 2 is 1.39 bits per heavy atom. The number of rotatable bonds is 5. The minimum atomic E-state index is 0.351. The molecule has 0 saturated heterocycles. The average Bonchev–Trinajstić information content (AvgIpc) is 2.54. The number of aryl methyl sites for hydroxylation is 1. The molecule has 0 N–H and O–H groups in total. The van der Waals surface area contributed by atoms with E-state index in [1.54, 1.807) is 24.3 Å². The largest absolute Gasteiger partial charge is 0.240 e.